The number of likely N-dealkylation sites (tertiary alicyclic amines) is 1. The van der Waals surface area contributed by atoms with Crippen molar-refractivity contribution in [3.05, 3.63) is 30.3 Å². The summed E-state index contributed by atoms with van der Waals surface area (Å²) in [6.45, 7) is 14.0. The largest absolute Gasteiger partial charge is 0.369 e. The minimum absolute atomic E-state index is 0.676. The molecule has 130 valence electrons. The monoisotopic (exact) mass is 316 g/mol. The van der Waals surface area contributed by atoms with Crippen molar-refractivity contribution in [2.75, 3.05) is 31.1 Å². The molecule has 2 aliphatic heterocycles. The zero-order valence-corrected chi connectivity index (χ0v) is 15.7. The fourth-order valence-electron chi connectivity index (χ4n) is 4.05. The van der Waals surface area contributed by atoms with Gasteiger partial charge in [-0.25, -0.2) is 0 Å². The first-order valence-electron chi connectivity index (χ1n) is 9.76. The average molecular weight is 317 g/mol. The Morgan fingerprint density at radius 3 is 2.17 bits per heavy atom. The van der Waals surface area contributed by atoms with E-state index < -0.39 is 0 Å². The van der Waals surface area contributed by atoms with Crippen molar-refractivity contribution in [3.63, 3.8) is 0 Å². The van der Waals surface area contributed by atoms with Gasteiger partial charge in [-0.15, -0.1) is 0 Å². The summed E-state index contributed by atoms with van der Waals surface area (Å²) in [5.74, 6) is 1.84. The molecule has 1 aromatic carbocycles. The predicted molar refractivity (Wildman–Crippen MR) is 102 cm³/mol. The van der Waals surface area contributed by atoms with E-state index in [4.69, 9.17) is 0 Å². The first-order chi connectivity index (χ1) is 11.2. The van der Waals surface area contributed by atoms with Crippen LogP contribution in [0.4, 0.5) is 5.69 Å². The number of hydrogen-bond acceptors (Lipinski definition) is 2. The highest BCUT2D eigenvalue weighted by Crippen LogP contribution is 2.29. The number of para-hydroxylation sites is 1. The molecule has 0 N–H and O–H groups in total. The molecule has 2 aliphatic rings. The summed E-state index contributed by atoms with van der Waals surface area (Å²) >= 11 is 0. The SMILES string of the molecule is CC.CC1CCN(CC2CCN(c3ccccc3)C(C)C2)CC1. The van der Waals surface area contributed by atoms with Gasteiger partial charge in [0.25, 0.3) is 0 Å². The number of benzene rings is 1. The van der Waals surface area contributed by atoms with Crippen LogP contribution >= 0.6 is 0 Å². The maximum atomic E-state index is 2.72. The van der Waals surface area contributed by atoms with Crippen LogP contribution in [0.3, 0.4) is 0 Å². The third kappa shape index (κ3) is 5.24. The summed E-state index contributed by atoms with van der Waals surface area (Å²) < 4.78 is 0. The van der Waals surface area contributed by atoms with Gasteiger partial charge in [-0.1, -0.05) is 39.0 Å². The Balaban J connectivity index is 0.000000924. The molecule has 0 saturated carbocycles. The standard InChI is InChI=1S/C19H30N2.C2H6/c1-16-8-11-20(12-9-16)15-18-10-13-21(17(2)14-18)19-6-4-3-5-7-19;1-2/h3-7,16-18H,8-15H2,1-2H3;1-2H3. The smallest absolute Gasteiger partial charge is 0.0368 e. The zero-order valence-electron chi connectivity index (χ0n) is 15.7. The lowest BCUT2D eigenvalue weighted by Gasteiger charge is -2.41. The second-order valence-corrected chi connectivity index (χ2v) is 7.25. The summed E-state index contributed by atoms with van der Waals surface area (Å²) in [6.07, 6.45) is 5.50. The van der Waals surface area contributed by atoms with Crippen LogP contribution in [0.5, 0.6) is 0 Å². The summed E-state index contributed by atoms with van der Waals surface area (Å²) in [5.41, 5.74) is 1.40. The van der Waals surface area contributed by atoms with E-state index in [2.05, 4.69) is 54.0 Å². The van der Waals surface area contributed by atoms with Crippen LogP contribution in [0, 0.1) is 11.8 Å². The van der Waals surface area contributed by atoms with Crippen molar-refractivity contribution in [3.8, 4) is 0 Å². The van der Waals surface area contributed by atoms with Gasteiger partial charge in [0.05, 0.1) is 0 Å². The highest BCUT2D eigenvalue weighted by Gasteiger charge is 2.27. The first kappa shape index (κ1) is 18.3. The fourth-order valence-corrected chi connectivity index (χ4v) is 4.05. The molecule has 2 unspecified atom stereocenters. The van der Waals surface area contributed by atoms with Gasteiger partial charge in [-0.3, -0.25) is 0 Å². The van der Waals surface area contributed by atoms with Crippen molar-refractivity contribution in [1.82, 2.24) is 4.90 Å². The van der Waals surface area contributed by atoms with E-state index in [0.29, 0.717) is 6.04 Å². The van der Waals surface area contributed by atoms with Crippen LogP contribution in [-0.2, 0) is 0 Å². The topological polar surface area (TPSA) is 6.48 Å². The number of rotatable bonds is 3. The van der Waals surface area contributed by atoms with Gasteiger partial charge >= 0.3 is 0 Å². The van der Waals surface area contributed by atoms with E-state index in [-0.39, 0.29) is 0 Å². The quantitative estimate of drug-likeness (QED) is 0.770. The Bertz CT molecular complexity index is 423. The van der Waals surface area contributed by atoms with Gasteiger partial charge in [-0.2, -0.15) is 0 Å². The lowest BCUT2D eigenvalue weighted by molar-refractivity contribution is 0.151. The minimum Gasteiger partial charge on any atom is -0.369 e. The molecule has 2 fully saturated rings. The lowest BCUT2D eigenvalue weighted by atomic mass is 9.89. The van der Waals surface area contributed by atoms with Gasteiger partial charge in [0.1, 0.15) is 0 Å². The number of anilines is 1. The third-order valence-electron chi connectivity index (χ3n) is 5.47. The van der Waals surface area contributed by atoms with Crippen LogP contribution in [-0.4, -0.2) is 37.1 Å². The Morgan fingerprint density at radius 2 is 1.57 bits per heavy atom. The Morgan fingerprint density at radius 1 is 0.913 bits per heavy atom. The molecule has 2 heterocycles. The van der Waals surface area contributed by atoms with E-state index in [1.807, 2.05) is 13.8 Å². The number of piperidine rings is 2. The van der Waals surface area contributed by atoms with Crippen LogP contribution < -0.4 is 4.90 Å². The van der Waals surface area contributed by atoms with Crippen molar-refractivity contribution >= 4 is 5.69 Å². The molecule has 2 atom stereocenters. The summed E-state index contributed by atoms with van der Waals surface area (Å²) in [5, 5.41) is 0. The highest BCUT2D eigenvalue weighted by molar-refractivity contribution is 5.47. The Labute approximate surface area is 143 Å². The average Bonchev–Trinajstić information content (AvgIpc) is 2.60. The summed E-state index contributed by atoms with van der Waals surface area (Å²) in [7, 11) is 0. The highest BCUT2D eigenvalue weighted by atomic mass is 15.2. The van der Waals surface area contributed by atoms with Gasteiger partial charge < -0.3 is 9.80 Å². The summed E-state index contributed by atoms with van der Waals surface area (Å²) in [6, 6.07) is 11.6. The van der Waals surface area contributed by atoms with Crippen molar-refractivity contribution in [2.45, 2.75) is 59.4 Å². The van der Waals surface area contributed by atoms with Crippen LogP contribution in [0.25, 0.3) is 0 Å². The maximum Gasteiger partial charge on any atom is 0.0368 e. The molecule has 3 rings (SSSR count). The molecule has 1 aromatic rings. The Hall–Kier alpha value is -1.02. The zero-order chi connectivity index (χ0) is 16.7. The van der Waals surface area contributed by atoms with Crippen molar-refractivity contribution in [1.29, 1.82) is 0 Å². The molecule has 2 heteroatoms. The van der Waals surface area contributed by atoms with Gasteiger partial charge in [0.2, 0.25) is 0 Å². The lowest BCUT2D eigenvalue weighted by Crippen LogP contribution is -2.45. The molecule has 0 amide bonds. The van der Waals surface area contributed by atoms with Crippen LogP contribution in [0.2, 0.25) is 0 Å². The summed E-state index contributed by atoms with van der Waals surface area (Å²) in [4.78, 5) is 5.31. The van der Waals surface area contributed by atoms with Gasteiger partial charge in [-0.05, 0) is 69.7 Å². The van der Waals surface area contributed by atoms with E-state index in [9.17, 15) is 0 Å². The van der Waals surface area contributed by atoms with Crippen molar-refractivity contribution < 1.29 is 0 Å². The maximum absolute atomic E-state index is 2.72. The molecule has 0 radical (unpaired) electrons. The minimum atomic E-state index is 0.676. The molecule has 2 saturated heterocycles. The predicted octanol–water partition coefficient (Wildman–Crippen LogP) is 5.05. The van der Waals surface area contributed by atoms with E-state index in [0.717, 1.165) is 11.8 Å². The molecule has 0 aliphatic carbocycles. The second-order valence-electron chi connectivity index (χ2n) is 7.25. The van der Waals surface area contributed by atoms with Crippen LogP contribution in [0.15, 0.2) is 30.3 Å². The molecule has 23 heavy (non-hydrogen) atoms. The normalized spacial score (nSPS) is 26.5. The van der Waals surface area contributed by atoms with Gasteiger partial charge in [0.15, 0.2) is 0 Å². The number of hydrogen-bond donors (Lipinski definition) is 0. The van der Waals surface area contributed by atoms with Gasteiger partial charge in [0, 0.05) is 24.8 Å². The number of nitrogens with zero attached hydrogens (tertiary/aromatic N) is 2. The molecular formula is C21H36N2. The van der Waals surface area contributed by atoms with Crippen molar-refractivity contribution in [2.24, 2.45) is 11.8 Å². The third-order valence-corrected chi connectivity index (χ3v) is 5.47. The Kier molecular flexibility index (Phi) is 7.42. The molecule has 2 nitrogen and oxygen atoms in total. The molecular weight excluding hydrogens is 280 g/mol. The van der Waals surface area contributed by atoms with E-state index >= 15 is 0 Å². The molecule has 0 bridgehead atoms. The van der Waals surface area contributed by atoms with E-state index in [1.54, 1.807) is 0 Å². The first-order valence-corrected chi connectivity index (χ1v) is 9.76. The molecule has 0 aromatic heterocycles. The second kappa shape index (κ2) is 9.32. The van der Waals surface area contributed by atoms with Crippen LogP contribution in [0.1, 0.15) is 53.4 Å². The molecule has 0 spiro atoms. The van der Waals surface area contributed by atoms with E-state index in [1.165, 1.54) is 57.5 Å². The fraction of sp³-hybridized carbons (Fsp3) is 0.714.